The predicted molar refractivity (Wildman–Crippen MR) is 81.8 cm³/mol. The number of benzene rings is 1. The zero-order valence-electron chi connectivity index (χ0n) is 10.7. The second-order valence-electron chi connectivity index (χ2n) is 4.18. The van der Waals surface area contributed by atoms with Crippen molar-refractivity contribution in [2.75, 3.05) is 12.4 Å². The van der Waals surface area contributed by atoms with Gasteiger partial charge < -0.3 is 10.1 Å². The van der Waals surface area contributed by atoms with E-state index in [1.807, 2.05) is 12.1 Å². The van der Waals surface area contributed by atoms with Crippen LogP contribution in [0.2, 0.25) is 0 Å². The molecule has 0 aliphatic heterocycles. The summed E-state index contributed by atoms with van der Waals surface area (Å²) in [6.07, 6.45) is 0. The topological polar surface area (TPSA) is 21.3 Å². The van der Waals surface area contributed by atoms with E-state index in [9.17, 15) is 0 Å². The number of hydrogen-bond donors (Lipinski definition) is 1. The summed E-state index contributed by atoms with van der Waals surface area (Å²) in [6.45, 7) is 4.25. The largest absolute Gasteiger partial charge is 0.497 e. The maximum Gasteiger partial charge on any atom is 0.119 e. The molecule has 0 spiro atoms. The van der Waals surface area contributed by atoms with Gasteiger partial charge in [0.25, 0.3) is 0 Å². The molecule has 1 unspecified atom stereocenters. The Bertz CT molecular complexity index is 538. The maximum atomic E-state index is 5.21. The molecule has 18 heavy (non-hydrogen) atoms. The molecule has 0 bridgehead atoms. The minimum Gasteiger partial charge on any atom is -0.497 e. The first-order chi connectivity index (χ1) is 8.61. The van der Waals surface area contributed by atoms with Crippen molar-refractivity contribution in [3.05, 3.63) is 44.6 Å². The van der Waals surface area contributed by atoms with Crippen molar-refractivity contribution in [1.29, 1.82) is 0 Å². The molecule has 0 amide bonds. The third kappa shape index (κ3) is 2.87. The molecular formula is C14H16BrNOS. The maximum absolute atomic E-state index is 5.21. The number of aryl methyl sites for hydroxylation is 1. The SMILES string of the molecule is COc1ccc(NC(C)c2sccc2Br)c(C)c1. The Kier molecular flexibility index (Phi) is 4.30. The highest BCUT2D eigenvalue weighted by atomic mass is 79.9. The summed E-state index contributed by atoms with van der Waals surface area (Å²) in [5.41, 5.74) is 2.33. The van der Waals surface area contributed by atoms with E-state index >= 15 is 0 Å². The monoisotopic (exact) mass is 325 g/mol. The highest BCUT2D eigenvalue weighted by Crippen LogP contribution is 2.32. The Morgan fingerprint density at radius 2 is 2.11 bits per heavy atom. The molecule has 0 saturated heterocycles. The normalized spacial score (nSPS) is 12.2. The van der Waals surface area contributed by atoms with Crippen LogP contribution in [0, 0.1) is 6.92 Å². The minimum absolute atomic E-state index is 0.284. The van der Waals surface area contributed by atoms with Crippen LogP contribution < -0.4 is 10.1 Å². The van der Waals surface area contributed by atoms with Crippen molar-refractivity contribution >= 4 is 33.0 Å². The van der Waals surface area contributed by atoms with E-state index in [0.29, 0.717) is 0 Å². The number of nitrogens with one attached hydrogen (secondary N) is 1. The molecule has 1 aromatic heterocycles. The van der Waals surface area contributed by atoms with Crippen LogP contribution in [0.5, 0.6) is 5.75 Å². The van der Waals surface area contributed by atoms with Crippen LogP contribution >= 0.6 is 27.3 Å². The van der Waals surface area contributed by atoms with Gasteiger partial charge in [-0.15, -0.1) is 11.3 Å². The quantitative estimate of drug-likeness (QED) is 0.853. The number of anilines is 1. The Labute approximate surface area is 120 Å². The fraction of sp³-hybridized carbons (Fsp3) is 0.286. The first kappa shape index (κ1) is 13.4. The molecule has 1 N–H and O–H groups in total. The molecule has 1 heterocycles. The van der Waals surface area contributed by atoms with Gasteiger partial charge in [-0.3, -0.25) is 0 Å². The van der Waals surface area contributed by atoms with E-state index in [1.54, 1.807) is 18.4 Å². The lowest BCUT2D eigenvalue weighted by atomic mass is 10.1. The summed E-state index contributed by atoms with van der Waals surface area (Å²) in [4.78, 5) is 1.31. The van der Waals surface area contributed by atoms with E-state index in [2.05, 4.69) is 52.6 Å². The summed E-state index contributed by atoms with van der Waals surface area (Å²) in [5, 5.41) is 5.63. The molecule has 4 heteroatoms. The molecule has 0 radical (unpaired) electrons. The van der Waals surface area contributed by atoms with Gasteiger partial charge in [0.05, 0.1) is 13.2 Å². The molecular weight excluding hydrogens is 310 g/mol. The molecule has 96 valence electrons. The minimum atomic E-state index is 0.284. The van der Waals surface area contributed by atoms with Crippen molar-refractivity contribution in [3.8, 4) is 5.75 Å². The molecule has 1 atom stereocenters. The van der Waals surface area contributed by atoms with E-state index in [-0.39, 0.29) is 6.04 Å². The number of rotatable bonds is 4. The van der Waals surface area contributed by atoms with Crippen LogP contribution in [0.3, 0.4) is 0 Å². The van der Waals surface area contributed by atoms with Crippen molar-refractivity contribution in [3.63, 3.8) is 0 Å². The van der Waals surface area contributed by atoms with Crippen LogP contribution in [0.1, 0.15) is 23.4 Å². The zero-order chi connectivity index (χ0) is 13.1. The summed E-state index contributed by atoms with van der Waals surface area (Å²) < 4.78 is 6.38. The lowest BCUT2D eigenvalue weighted by Gasteiger charge is -2.17. The molecule has 0 fully saturated rings. The van der Waals surface area contributed by atoms with Gasteiger partial charge in [0.15, 0.2) is 0 Å². The summed E-state index contributed by atoms with van der Waals surface area (Å²) in [5.74, 6) is 0.892. The first-order valence-electron chi connectivity index (χ1n) is 5.76. The van der Waals surface area contributed by atoms with Crippen molar-refractivity contribution in [1.82, 2.24) is 0 Å². The van der Waals surface area contributed by atoms with Crippen LogP contribution in [0.4, 0.5) is 5.69 Å². The molecule has 2 rings (SSSR count). The Morgan fingerprint density at radius 1 is 1.33 bits per heavy atom. The Balaban J connectivity index is 2.17. The van der Waals surface area contributed by atoms with Gasteiger partial charge in [-0.25, -0.2) is 0 Å². The second kappa shape index (κ2) is 5.76. The van der Waals surface area contributed by atoms with Gasteiger partial charge in [-0.2, -0.15) is 0 Å². The number of halogens is 1. The molecule has 0 aliphatic rings. The first-order valence-corrected chi connectivity index (χ1v) is 7.43. The Morgan fingerprint density at radius 3 is 2.67 bits per heavy atom. The van der Waals surface area contributed by atoms with Crippen molar-refractivity contribution < 1.29 is 4.74 Å². The zero-order valence-corrected chi connectivity index (χ0v) is 13.1. The summed E-state index contributed by atoms with van der Waals surface area (Å²) in [7, 11) is 1.69. The lowest BCUT2D eigenvalue weighted by molar-refractivity contribution is 0.414. The smallest absolute Gasteiger partial charge is 0.119 e. The van der Waals surface area contributed by atoms with Crippen LogP contribution in [-0.2, 0) is 0 Å². The van der Waals surface area contributed by atoms with Gasteiger partial charge in [0.2, 0.25) is 0 Å². The van der Waals surface area contributed by atoms with Gasteiger partial charge in [0, 0.05) is 15.0 Å². The molecule has 2 aromatic rings. The van der Waals surface area contributed by atoms with Gasteiger partial charge >= 0.3 is 0 Å². The van der Waals surface area contributed by atoms with E-state index in [4.69, 9.17) is 4.74 Å². The standard InChI is InChI=1S/C14H16BrNOS/c1-9-8-11(17-3)4-5-13(9)16-10(2)14-12(15)6-7-18-14/h4-8,10,16H,1-3H3. The average Bonchev–Trinajstić information content (AvgIpc) is 2.78. The third-order valence-electron chi connectivity index (χ3n) is 2.84. The molecule has 0 aliphatic carbocycles. The Hall–Kier alpha value is -1.00. The number of thiophene rings is 1. The van der Waals surface area contributed by atoms with Crippen LogP contribution in [0.15, 0.2) is 34.1 Å². The van der Waals surface area contributed by atoms with Crippen LogP contribution in [-0.4, -0.2) is 7.11 Å². The molecule has 0 saturated carbocycles. The van der Waals surface area contributed by atoms with E-state index < -0.39 is 0 Å². The fourth-order valence-corrected chi connectivity index (χ4v) is 3.56. The number of ether oxygens (including phenoxy) is 1. The van der Waals surface area contributed by atoms with Crippen molar-refractivity contribution in [2.45, 2.75) is 19.9 Å². The van der Waals surface area contributed by atoms with Gasteiger partial charge in [-0.05, 0) is 65.0 Å². The highest BCUT2D eigenvalue weighted by molar-refractivity contribution is 9.10. The molecule has 2 nitrogen and oxygen atoms in total. The predicted octanol–water partition coefficient (Wildman–Crippen LogP) is 5.00. The third-order valence-corrected chi connectivity index (χ3v) is 4.90. The highest BCUT2D eigenvalue weighted by Gasteiger charge is 2.11. The summed E-state index contributed by atoms with van der Waals surface area (Å²) in [6, 6.07) is 8.45. The van der Waals surface area contributed by atoms with Gasteiger partial charge in [0.1, 0.15) is 5.75 Å². The number of hydrogen-bond acceptors (Lipinski definition) is 3. The van der Waals surface area contributed by atoms with Crippen LogP contribution in [0.25, 0.3) is 0 Å². The lowest BCUT2D eigenvalue weighted by Crippen LogP contribution is -2.06. The van der Waals surface area contributed by atoms with Crippen molar-refractivity contribution in [2.24, 2.45) is 0 Å². The summed E-state index contributed by atoms with van der Waals surface area (Å²) >= 11 is 5.33. The van der Waals surface area contributed by atoms with Gasteiger partial charge in [-0.1, -0.05) is 0 Å². The van der Waals surface area contributed by atoms with E-state index in [1.165, 1.54) is 14.9 Å². The average molecular weight is 326 g/mol. The second-order valence-corrected chi connectivity index (χ2v) is 5.98. The number of methoxy groups -OCH3 is 1. The van der Waals surface area contributed by atoms with E-state index in [0.717, 1.165) is 11.4 Å². The molecule has 1 aromatic carbocycles. The fourth-order valence-electron chi connectivity index (χ4n) is 1.84.